The molecule has 74 valence electrons. The van der Waals surface area contributed by atoms with Gasteiger partial charge in [0.05, 0.1) is 0 Å². The Bertz CT molecular complexity index is 411. The molecule has 0 aromatic heterocycles. The van der Waals surface area contributed by atoms with Crippen molar-refractivity contribution in [1.29, 1.82) is 0 Å². The van der Waals surface area contributed by atoms with Gasteiger partial charge in [-0.05, 0) is 0 Å². The third-order valence-electron chi connectivity index (χ3n) is 1.60. The zero-order valence-corrected chi connectivity index (χ0v) is 13.7. The Kier molecular flexibility index (Phi) is 2.99. The number of hydrogen-bond acceptors (Lipinski definition) is 4. The van der Waals surface area contributed by atoms with E-state index in [1.54, 1.807) is 6.07 Å². The van der Waals surface area contributed by atoms with Crippen LogP contribution >= 0.6 is 37.3 Å². The molecule has 1 aliphatic heterocycles. The predicted octanol–water partition coefficient (Wildman–Crippen LogP) is 2.67. The van der Waals surface area contributed by atoms with Crippen molar-refractivity contribution in [2.45, 2.75) is 0 Å². The van der Waals surface area contributed by atoms with E-state index in [-0.39, 0.29) is 5.69 Å². The summed E-state index contributed by atoms with van der Waals surface area (Å²) in [4.78, 5) is 10.0. The molecule has 0 bridgehead atoms. The third kappa shape index (κ3) is 2.18. The Morgan fingerprint density at radius 2 is 1.93 bits per heavy atom. The molecule has 14 heavy (non-hydrogen) atoms. The maximum atomic E-state index is 10.5. The zero-order chi connectivity index (χ0) is 10.3. The molecular weight excluding hydrogens is 523 g/mol. The van der Waals surface area contributed by atoms with Crippen LogP contribution in [-0.2, 0) is 0 Å². The van der Waals surface area contributed by atoms with Gasteiger partial charge in [0.15, 0.2) is 0 Å². The number of hydrogen-bond donors (Lipinski definition) is 0. The fraction of sp³-hybridized carbons (Fsp3) is 0. The van der Waals surface area contributed by atoms with Crippen molar-refractivity contribution in [2.75, 3.05) is 0 Å². The van der Waals surface area contributed by atoms with E-state index < -0.39 is 16.2 Å². The molecule has 1 heterocycles. The Morgan fingerprint density at radius 3 is 2.57 bits per heavy atom. The molecule has 0 amide bonds. The van der Waals surface area contributed by atoms with Gasteiger partial charge < -0.3 is 0 Å². The van der Waals surface area contributed by atoms with E-state index in [4.69, 9.17) is 6.15 Å². The Morgan fingerprint density at radius 1 is 1.29 bits per heavy atom. The molecule has 0 N–H and O–H groups in total. The van der Waals surface area contributed by atoms with Gasteiger partial charge in [0, 0.05) is 0 Å². The van der Waals surface area contributed by atoms with E-state index in [1.165, 1.54) is 12.1 Å². The van der Waals surface area contributed by atoms with Gasteiger partial charge in [-0.2, -0.15) is 0 Å². The molecule has 0 spiro atoms. The number of halogens is 2. The predicted molar refractivity (Wildman–Crippen MR) is 68.1 cm³/mol. The molecule has 5 nitrogen and oxygen atoms in total. The number of benzene rings is 1. The Hall–Kier alpha value is 0.479. The minimum absolute atomic E-state index is 0.0316. The third-order valence-corrected chi connectivity index (χ3v) is 10.1. The van der Waals surface area contributed by atoms with Crippen molar-refractivity contribution < 1.29 is 11.1 Å². The quantitative estimate of drug-likeness (QED) is 0.245. The molecule has 0 saturated carbocycles. The number of non-ortho nitro benzene ring substituents is 1. The number of fused-ring (bicyclic) bond motifs is 1. The van der Waals surface area contributed by atoms with Crippen LogP contribution in [-0.4, -0.2) is 16.2 Å². The van der Waals surface area contributed by atoms with E-state index in [1.807, 2.05) is 0 Å². The average Bonchev–Trinajstić information content (AvgIpc) is 2.36. The number of rotatable bonds is 1. The van der Waals surface area contributed by atoms with Gasteiger partial charge in [-0.1, -0.05) is 0 Å². The van der Waals surface area contributed by atoms with Crippen LogP contribution in [0.3, 0.4) is 0 Å². The van der Waals surface area contributed by atoms with Crippen molar-refractivity contribution in [1.82, 2.24) is 0 Å². The summed E-state index contributed by atoms with van der Waals surface area (Å²) in [5, 5.41) is 10.5. The van der Waals surface area contributed by atoms with Crippen LogP contribution in [0.2, 0.25) is 0 Å². The van der Waals surface area contributed by atoms with Gasteiger partial charge in [-0.25, -0.2) is 0 Å². The van der Waals surface area contributed by atoms with Crippen LogP contribution in [0, 0.1) is 10.1 Å². The van der Waals surface area contributed by atoms with Gasteiger partial charge in [-0.15, -0.1) is 0 Å². The number of nitrogens with zero attached hydrogens (tertiary/aromatic N) is 1. The number of nitro groups is 1. The van der Waals surface area contributed by atoms with Gasteiger partial charge in [0.25, 0.3) is 0 Å². The summed E-state index contributed by atoms with van der Waals surface area (Å²) < 4.78 is 11.1. The summed E-state index contributed by atoms with van der Waals surface area (Å²) >= 11 is 1.45. The second-order valence-electron chi connectivity index (χ2n) is 2.56. The molecule has 0 fully saturated rings. The van der Waals surface area contributed by atoms with Crippen molar-refractivity contribution >= 4 is 54.2 Å². The van der Waals surface area contributed by atoms with Gasteiger partial charge >= 0.3 is 105 Å². The zero-order valence-electron chi connectivity index (χ0n) is 6.57. The molecule has 0 atom stereocenters. The molecule has 0 saturated heterocycles. The molecule has 1 aromatic carbocycles. The van der Waals surface area contributed by atoms with Crippen LogP contribution in [0.15, 0.2) is 18.2 Å². The topological polar surface area (TPSA) is 61.6 Å². The first kappa shape index (κ1) is 11.0. The van der Waals surface area contributed by atoms with E-state index in [0.29, 0.717) is 11.5 Å². The van der Waals surface area contributed by atoms with Gasteiger partial charge in [-0.3, -0.25) is 0 Å². The summed E-state index contributed by atoms with van der Waals surface area (Å²) in [7, 11) is 0. The molecule has 8 heteroatoms. The normalized spacial score (nSPS) is 16.7. The molecular formula is C6H3I2NO4Sn. The van der Waals surface area contributed by atoms with Crippen LogP contribution < -0.4 is 6.15 Å². The van der Waals surface area contributed by atoms with E-state index in [9.17, 15) is 10.1 Å². The standard InChI is InChI=1S/C6H5NO4.2HI.Sn/c8-5-2-1-4(7(10)11)3-6(5)9;;;/h1-3,8-9H;2*1H;/q;;;+4/p-4. The van der Waals surface area contributed by atoms with Crippen LogP contribution in [0.5, 0.6) is 11.5 Å². The summed E-state index contributed by atoms with van der Waals surface area (Å²) in [5.41, 5.74) is 0.0316. The fourth-order valence-corrected chi connectivity index (χ4v) is 9.93. The van der Waals surface area contributed by atoms with Gasteiger partial charge in [0.1, 0.15) is 0 Å². The molecule has 1 aromatic rings. The van der Waals surface area contributed by atoms with E-state index >= 15 is 0 Å². The molecule has 0 radical (unpaired) electrons. The fourth-order valence-electron chi connectivity index (χ4n) is 1.05. The Labute approximate surface area is 104 Å². The average molecular weight is 526 g/mol. The van der Waals surface area contributed by atoms with E-state index in [0.717, 1.165) is 0 Å². The summed E-state index contributed by atoms with van der Waals surface area (Å²) in [5.74, 6) is 1.12. The van der Waals surface area contributed by atoms with Crippen molar-refractivity contribution in [3.63, 3.8) is 0 Å². The monoisotopic (exact) mass is 527 g/mol. The molecule has 0 unspecified atom stereocenters. The van der Waals surface area contributed by atoms with E-state index in [2.05, 4.69) is 37.3 Å². The van der Waals surface area contributed by atoms with Crippen LogP contribution in [0.1, 0.15) is 0 Å². The Balaban J connectivity index is 2.40. The van der Waals surface area contributed by atoms with Gasteiger partial charge in [0.2, 0.25) is 0 Å². The van der Waals surface area contributed by atoms with Crippen LogP contribution in [0.25, 0.3) is 0 Å². The number of nitro benzene ring substituents is 1. The first-order valence-corrected chi connectivity index (χ1v) is 22.5. The van der Waals surface area contributed by atoms with Crippen LogP contribution in [0.4, 0.5) is 5.69 Å². The summed E-state index contributed by atoms with van der Waals surface area (Å²) in [6, 6.07) is 4.41. The SMILES string of the molecule is O=[N+]([O-])c1ccc2c(c1)[O][Sn]([I])([I])[O]2. The molecule has 2 rings (SSSR count). The first-order valence-electron chi connectivity index (χ1n) is 3.52. The van der Waals surface area contributed by atoms with Crippen molar-refractivity contribution in [3.8, 4) is 11.5 Å². The maximum absolute atomic E-state index is 10.5. The second-order valence-corrected chi connectivity index (χ2v) is 39.3. The van der Waals surface area contributed by atoms with Crippen molar-refractivity contribution in [2.24, 2.45) is 0 Å². The summed E-state index contributed by atoms with van der Waals surface area (Å²) in [6.45, 7) is 0. The molecule has 0 aliphatic carbocycles. The summed E-state index contributed by atoms with van der Waals surface area (Å²) in [6.07, 6.45) is 0. The second kappa shape index (κ2) is 3.81. The first-order chi connectivity index (χ1) is 6.48. The molecule has 1 aliphatic rings. The minimum atomic E-state index is -2.90. The van der Waals surface area contributed by atoms with Crippen molar-refractivity contribution in [3.05, 3.63) is 28.3 Å².